The minimum absolute atomic E-state index is 0.407. The molecular formula is C14H14N2. The Labute approximate surface area is 94.8 Å². The van der Waals surface area contributed by atoms with E-state index < -0.39 is 0 Å². The lowest BCUT2D eigenvalue weighted by Gasteiger charge is -2.08. The van der Waals surface area contributed by atoms with E-state index in [4.69, 9.17) is 5.73 Å². The van der Waals surface area contributed by atoms with Gasteiger partial charge in [-0.1, -0.05) is 42.5 Å². The fourth-order valence-corrected chi connectivity index (χ4v) is 2.21. The molecule has 0 bridgehead atoms. The zero-order valence-corrected chi connectivity index (χ0v) is 8.98. The predicted octanol–water partition coefficient (Wildman–Crippen LogP) is 2.33. The first kappa shape index (κ1) is 9.28. The first-order valence-electron chi connectivity index (χ1n) is 5.53. The predicted molar refractivity (Wildman–Crippen MR) is 67.0 cm³/mol. The largest absolute Gasteiger partial charge is 0.386 e. The lowest BCUT2D eigenvalue weighted by molar-refractivity contribution is 0.792. The standard InChI is InChI=1S/C14H14N2/c15-14-8-13(9-16-14)12-6-5-10-3-1-2-4-11(10)7-12/h1-8,13,16H,9,15H2. The van der Waals surface area contributed by atoms with Crippen molar-refractivity contribution < 1.29 is 0 Å². The number of rotatable bonds is 1. The average Bonchev–Trinajstić information content (AvgIpc) is 2.75. The zero-order valence-electron chi connectivity index (χ0n) is 8.98. The molecule has 1 atom stereocenters. The summed E-state index contributed by atoms with van der Waals surface area (Å²) in [6.07, 6.45) is 2.09. The molecule has 3 rings (SSSR count). The van der Waals surface area contributed by atoms with Gasteiger partial charge in [0.05, 0.1) is 5.82 Å². The number of fused-ring (bicyclic) bond motifs is 1. The SMILES string of the molecule is NC1=CC(c2ccc3ccccc3c2)CN1. The van der Waals surface area contributed by atoms with Gasteiger partial charge < -0.3 is 11.1 Å². The molecule has 80 valence electrons. The van der Waals surface area contributed by atoms with E-state index in [0.717, 1.165) is 12.4 Å². The summed E-state index contributed by atoms with van der Waals surface area (Å²) in [5, 5.41) is 5.73. The van der Waals surface area contributed by atoms with Crippen molar-refractivity contribution in [1.82, 2.24) is 5.32 Å². The molecule has 0 amide bonds. The van der Waals surface area contributed by atoms with Crippen molar-refractivity contribution in [2.45, 2.75) is 5.92 Å². The Morgan fingerprint density at radius 1 is 1.06 bits per heavy atom. The van der Waals surface area contributed by atoms with Crippen molar-refractivity contribution in [2.24, 2.45) is 5.73 Å². The van der Waals surface area contributed by atoms with Gasteiger partial charge in [0, 0.05) is 12.5 Å². The minimum Gasteiger partial charge on any atom is -0.386 e. The van der Waals surface area contributed by atoms with Crippen molar-refractivity contribution in [1.29, 1.82) is 0 Å². The maximum absolute atomic E-state index is 5.73. The zero-order chi connectivity index (χ0) is 11.0. The normalized spacial score (nSPS) is 19.5. The van der Waals surface area contributed by atoms with E-state index in [2.05, 4.69) is 53.9 Å². The molecule has 0 aromatic heterocycles. The topological polar surface area (TPSA) is 38.0 Å². The van der Waals surface area contributed by atoms with Crippen molar-refractivity contribution in [2.75, 3.05) is 6.54 Å². The van der Waals surface area contributed by atoms with Crippen molar-refractivity contribution >= 4 is 10.8 Å². The molecule has 0 radical (unpaired) electrons. The monoisotopic (exact) mass is 210 g/mol. The fourth-order valence-electron chi connectivity index (χ4n) is 2.21. The molecule has 0 saturated carbocycles. The van der Waals surface area contributed by atoms with Crippen LogP contribution < -0.4 is 11.1 Å². The molecule has 2 aromatic rings. The van der Waals surface area contributed by atoms with Gasteiger partial charge in [0.2, 0.25) is 0 Å². The van der Waals surface area contributed by atoms with Gasteiger partial charge in [0.1, 0.15) is 0 Å². The maximum atomic E-state index is 5.73. The Bertz CT molecular complexity index is 557. The van der Waals surface area contributed by atoms with Crippen molar-refractivity contribution in [3.05, 3.63) is 59.9 Å². The van der Waals surface area contributed by atoms with E-state index in [1.807, 2.05) is 0 Å². The Morgan fingerprint density at radius 2 is 1.88 bits per heavy atom. The van der Waals surface area contributed by atoms with E-state index >= 15 is 0 Å². The van der Waals surface area contributed by atoms with Crippen LogP contribution >= 0.6 is 0 Å². The lowest BCUT2D eigenvalue weighted by atomic mass is 9.97. The highest BCUT2D eigenvalue weighted by atomic mass is 15.0. The van der Waals surface area contributed by atoms with Gasteiger partial charge in [0.25, 0.3) is 0 Å². The summed E-state index contributed by atoms with van der Waals surface area (Å²) in [6.45, 7) is 0.907. The van der Waals surface area contributed by atoms with E-state index in [9.17, 15) is 0 Å². The second kappa shape index (κ2) is 3.56. The van der Waals surface area contributed by atoms with Crippen molar-refractivity contribution in [3.63, 3.8) is 0 Å². The third-order valence-corrected chi connectivity index (χ3v) is 3.11. The molecule has 1 aliphatic heterocycles. The number of nitrogens with two attached hydrogens (primary N) is 1. The summed E-state index contributed by atoms with van der Waals surface area (Å²) in [6, 6.07) is 15.0. The van der Waals surface area contributed by atoms with Gasteiger partial charge in [-0.05, 0) is 22.4 Å². The number of hydrogen-bond donors (Lipinski definition) is 2. The highest BCUT2D eigenvalue weighted by Crippen LogP contribution is 2.24. The minimum atomic E-state index is 0.407. The highest BCUT2D eigenvalue weighted by Gasteiger charge is 2.15. The third kappa shape index (κ3) is 1.52. The molecule has 2 heteroatoms. The summed E-state index contributed by atoms with van der Waals surface area (Å²) in [7, 11) is 0. The third-order valence-electron chi connectivity index (χ3n) is 3.11. The summed E-state index contributed by atoms with van der Waals surface area (Å²) in [4.78, 5) is 0. The smallest absolute Gasteiger partial charge is 0.0926 e. The van der Waals surface area contributed by atoms with Crippen LogP contribution in [0.3, 0.4) is 0 Å². The molecule has 0 aliphatic carbocycles. The number of nitrogens with one attached hydrogen (secondary N) is 1. The van der Waals surface area contributed by atoms with Gasteiger partial charge in [-0.2, -0.15) is 0 Å². The van der Waals surface area contributed by atoms with Gasteiger partial charge >= 0.3 is 0 Å². The van der Waals surface area contributed by atoms with Crippen LogP contribution in [-0.4, -0.2) is 6.54 Å². The van der Waals surface area contributed by atoms with Gasteiger partial charge in [-0.25, -0.2) is 0 Å². The average molecular weight is 210 g/mol. The number of benzene rings is 2. The molecule has 2 nitrogen and oxygen atoms in total. The Kier molecular flexibility index (Phi) is 2.07. The van der Waals surface area contributed by atoms with E-state index in [1.165, 1.54) is 16.3 Å². The quantitative estimate of drug-likeness (QED) is 0.758. The molecule has 1 unspecified atom stereocenters. The van der Waals surface area contributed by atoms with Crippen LogP contribution in [0.1, 0.15) is 11.5 Å². The van der Waals surface area contributed by atoms with E-state index in [1.54, 1.807) is 0 Å². The molecule has 2 aromatic carbocycles. The molecule has 16 heavy (non-hydrogen) atoms. The molecule has 3 N–H and O–H groups in total. The molecule has 0 fully saturated rings. The Hall–Kier alpha value is -1.96. The highest BCUT2D eigenvalue weighted by molar-refractivity contribution is 5.83. The fraction of sp³-hybridized carbons (Fsp3) is 0.143. The van der Waals surface area contributed by atoms with Crippen LogP contribution in [0.4, 0.5) is 0 Å². The second-order valence-electron chi connectivity index (χ2n) is 4.22. The van der Waals surface area contributed by atoms with Gasteiger partial charge in [-0.3, -0.25) is 0 Å². The summed E-state index contributed by atoms with van der Waals surface area (Å²) in [5.74, 6) is 1.20. The van der Waals surface area contributed by atoms with Gasteiger partial charge in [0.15, 0.2) is 0 Å². The second-order valence-corrected chi connectivity index (χ2v) is 4.22. The number of hydrogen-bond acceptors (Lipinski definition) is 2. The van der Waals surface area contributed by atoms with Crippen molar-refractivity contribution in [3.8, 4) is 0 Å². The van der Waals surface area contributed by atoms with E-state index in [0.29, 0.717) is 5.92 Å². The molecule has 1 aliphatic rings. The summed E-state index contributed by atoms with van der Waals surface area (Å²) < 4.78 is 0. The van der Waals surface area contributed by atoms with Crippen LogP contribution in [0.25, 0.3) is 10.8 Å². The molecule has 1 heterocycles. The first-order valence-corrected chi connectivity index (χ1v) is 5.53. The Balaban J connectivity index is 2.05. The Morgan fingerprint density at radius 3 is 2.62 bits per heavy atom. The van der Waals surface area contributed by atoms with Gasteiger partial charge in [-0.15, -0.1) is 0 Å². The van der Waals surface area contributed by atoms with Crippen LogP contribution in [-0.2, 0) is 0 Å². The van der Waals surface area contributed by atoms with Crippen LogP contribution in [0.2, 0.25) is 0 Å². The molecule has 0 saturated heterocycles. The summed E-state index contributed by atoms with van der Waals surface area (Å²) in [5.41, 5.74) is 7.05. The van der Waals surface area contributed by atoms with E-state index in [-0.39, 0.29) is 0 Å². The molecular weight excluding hydrogens is 196 g/mol. The van der Waals surface area contributed by atoms with Crippen LogP contribution in [0, 0.1) is 0 Å². The van der Waals surface area contributed by atoms with Crippen LogP contribution in [0.5, 0.6) is 0 Å². The maximum Gasteiger partial charge on any atom is 0.0926 e. The van der Waals surface area contributed by atoms with Crippen LogP contribution in [0.15, 0.2) is 54.4 Å². The molecule has 0 spiro atoms. The first-order chi connectivity index (χ1) is 7.83. The summed E-state index contributed by atoms with van der Waals surface area (Å²) >= 11 is 0. The lowest BCUT2D eigenvalue weighted by Crippen LogP contribution is -2.15.